The van der Waals surface area contributed by atoms with Crippen LogP contribution in [0.15, 0.2) is 54.6 Å². The molecule has 0 spiro atoms. The molecular formula is C20H22O2. The van der Waals surface area contributed by atoms with Crippen molar-refractivity contribution in [1.29, 1.82) is 0 Å². The maximum atomic E-state index is 12.7. The van der Waals surface area contributed by atoms with E-state index in [1.54, 1.807) is 0 Å². The minimum atomic E-state index is -0.457. The van der Waals surface area contributed by atoms with Crippen molar-refractivity contribution in [2.24, 2.45) is 0 Å². The van der Waals surface area contributed by atoms with Crippen molar-refractivity contribution in [3.63, 3.8) is 0 Å². The third-order valence-corrected chi connectivity index (χ3v) is 4.47. The van der Waals surface area contributed by atoms with Crippen LogP contribution in [0.2, 0.25) is 0 Å². The lowest BCUT2D eigenvalue weighted by Gasteiger charge is -2.37. The first-order valence-corrected chi connectivity index (χ1v) is 7.99. The van der Waals surface area contributed by atoms with Gasteiger partial charge in [-0.05, 0) is 31.7 Å². The third kappa shape index (κ3) is 3.12. The number of hydrogen-bond acceptors (Lipinski definition) is 2. The smallest absolute Gasteiger partial charge is 0.166 e. The van der Waals surface area contributed by atoms with Crippen LogP contribution in [0.4, 0.5) is 0 Å². The predicted octanol–water partition coefficient (Wildman–Crippen LogP) is 4.66. The van der Waals surface area contributed by atoms with Crippen LogP contribution in [-0.2, 0) is 10.3 Å². The van der Waals surface area contributed by atoms with E-state index in [2.05, 4.69) is 12.1 Å². The normalized spacial score (nSPS) is 21.5. The quantitative estimate of drug-likeness (QED) is 0.766. The van der Waals surface area contributed by atoms with Crippen LogP contribution < -0.4 is 0 Å². The molecule has 0 radical (unpaired) electrons. The zero-order chi connectivity index (χ0) is 15.4. The van der Waals surface area contributed by atoms with Gasteiger partial charge in [-0.2, -0.15) is 0 Å². The molecule has 0 N–H and O–H groups in total. The van der Waals surface area contributed by atoms with Gasteiger partial charge in [0.1, 0.15) is 5.60 Å². The molecule has 2 aromatic carbocycles. The van der Waals surface area contributed by atoms with Crippen molar-refractivity contribution >= 4 is 5.78 Å². The lowest BCUT2D eigenvalue weighted by atomic mass is 9.81. The number of ether oxygens (including phenoxy) is 1. The largest absolute Gasteiger partial charge is 0.370 e. The predicted molar refractivity (Wildman–Crippen MR) is 88.0 cm³/mol. The fourth-order valence-corrected chi connectivity index (χ4v) is 3.16. The summed E-state index contributed by atoms with van der Waals surface area (Å²) in [5.74, 6) is 0.158. The Bertz CT molecular complexity index is 623. The highest BCUT2D eigenvalue weighted by Gasteiger charge is 2.37. The highest BCUT2D eigenvalue weighted by atomic mass is 16.5. The van der Waals surface area contributed by atoms with Crippen molar-refractivity contribution in [2.45, 2.75) is 38.2 Å². The molecule has 0 aromatic heterocycles. The number of benzene rings is 2. The van der Waals surface area contributed by atoms with E-state index < -0.39 is 5.60 Å². The lowest BCUT2D eigenvalue weighted by molar-refractivity contribution is -0.0830. The van der Waals surface area contributed by atoms with Gasteiger partial charge in [-0.3, -0.25) is 4.79 Å². The Morgan fingerprint density at radius 3 is 2.41 bits per heavy atom. The zero-order valence-electron chi connectivity index (χ0n) is 13.0. The Morgan fingerprint density at radius 2 is 1.77 bits per heavy atom. The van der Waals surface area contributed by atoms with E-state index in [0.717, 1.165) is 37.0 Å². The van der Waals surface area contributed by atoms with Crippen LogP contribution in [0.5, 0.6) is 0 Å². The average molecular weight is 294 g/mol. The molecule has 22 heavy (non-hydrogen) atoms. The lowest BCUT2D eigenvalue weighted by Crippen LogP contribution is -2.36. The van der Waals surface area contributed by atoms with E-state index in [1.807, 2.05) is 49.4 Å². The maximum absolute atomic E-state index is 12.7. The second-order valence-electron chi connectivity index (χ2n) is 6.13. The van der Waals surface area contributed by atoms with Gasteiger partial charge in [0.15, 0.2) is 5.78 Å². The van der Waals surface area contributed by atoms with Gasteiger partial charge in [0, 0.05) is 18.6 Å². The van der Waals surface area contributed by atoms with Gasteiger partial charge in [-0.1, -0.05) is 60.2 Å². The van der Waals surface area contributed by atoms with E-state index in [9.17, 15) is 4.79 Å². The topological polar surface area (TPSA) is 26.3 Å². The highest BCUT2D eigenvalue weighted by molar-refractivity contribution is 5.96. The van der Waals surface area contributed by atoms with E-state index in [1.165, 1.54) is 5.56 Å². The second-order valence-corrected chi connectivity index (χ2v) is 6.13. The van der Waals surface area contributed by atoms with Gasteiger partial charge in [0.2, 0.25) is 0 Å². The highest BCUT2D eigenvalue weighted by Crippen LogP contribution is 2.39. The molecule has 1 aliphatic rings. The van der Waals surface area contributed by atoms with Crippen molar-refractivity contribution < 1.29 is 9.53 Å². The van der Waals surface area contributed by atoms with Gasteiger partial charge in [-0.25, -0.2) is 0 Å². The summed E-state index contributed by atoms with van der Waals surface area (Å²) in [5.41, 5.74) is 2.61. The molecular weight excluding hydrogens is 272 g/mol. The summed E-state index contributed by atoms with van der Waals surface area (Å²) in [7, 11) is 0. The molecule has 1 heterocycles. The van der Waals surface area contributed by atoms with Gasteiger partial charge in [0.05, 0.1) is 0 Å². The summed E-state index contributed by atoms with van der Waals surface area (Å²) in [4.78, 5) is 12.7. The van der Waals surface area contributed by atoms with Crippen LogP contribution in [0, 0.1) is 6.92 Å². The monoisotopic (exact) mass is 294 g/mol. The average Bonchev–Trinajstić information content (AvgIpc) is 2.57. The first-order valence-electron chi connectivity index (χ1n) is 7.99. The molecule has 0 bridgehead atoms. The van der Waals surface area contributed by atoms with Gasteiger partial charge in [0.25, 0.3) is 0 Å². The molecule has 0 amide bonds. The summed E-state index contributed by atoms with van der Waals surface area (Å²) < 4.78 is 6.15. The molecule has 0 saturated carbocycles. The summed E-state index contributed by atoms with van der Waals surface area (Å²) >= 11 is 0. The van der Waals surface area contributed by atoms with E-state index in [4.69, 9.17) is 4.74 Å². The van der Waals surface area contributed by atoms with Crippen LogP contribution in [-0.4, -0.2) is 12.4 Å². The summed E-state index contributed by atoms with van der Waals surface area (Å²) in [6.45, 7) is 2.76. The van der Waals surface area contributed by atoms with Gasteiger partial charge < -0.3 is 4.74 Å². The number of hydrogen-bond donors (Lipinski definition) is 0. The molecule has 2 aromatic rings. The van der Waals surface area contributed by atoms with Gasteiger partial charge >= 0.3 is 0 Å². The van der Waals surface area contributed by atoms with Crippen molar-refractivity contribution in [3.05, 3.63) is 71.3 Å². The molecule has 1 atom stereocenters. The first kappa shape index (κ1) is 15.0. The Kier molecular flexibility index (Phi) is 4.39. The number of carbonyl (C=O) groups is 1. The minimum absolute atomic E-state index is 0.158. The standard InChI is InChI=1S/C20H22O2/c1-16-9-11-17(12-10-16)19(21)15-20(13-5-6-14-22-20)18-7-3-2-4-8-18/h2-4,7-12H,5-6,13-15H2,1H3. The van der Waals surface area contributed by atoms with Crippen molar-refractivity contribution in [1.82, 2.24) is 0 Å². The Hall–Kier alpha value is -1.93. The maximum Gasteiger partial charge on any atom is 0.166 e. The summed E-state index contributed by atoms with van der Waals surface area (Å²) in [6.07, 6.45) is 3.51. The molecule has 3 rings (SSSR count). The molecule has 114 valence electrons. The number of ketones is 1. The molecule has 1 aliphatic heterocycles. The molecule has 1 saturated heterocycles. The Labute approximate surface area is 132 Å². The van der Waals surface area contributed by atoms with Crippen molar-refractivity contribution in [2.75, 3.05) is 6.61 Å². The summed E-state index contributed by atoms with van der Waals surface area (Å²) in [5, 5.41) is 0. The molecule has 1 fully saturated rings. The fourth-order valence-electron chi connectivity index (χ4n) is 3.16. The Balaban J connectivity index is 1.87. The Morgan fingerprint density at radius 1 is 1.05 bits per heavy atom. The van der Waals surface area contributed by atoms with Crippen molar-refractivity contribution in [3.8, 4) is 0 Å². The minimum Gasteiger partial charge on any atom is -0.370 e. The van der Waals surface area contributed by atoms with Crippen LogP contribution in [0.1, 0.15) is 47.2 Å². The molecule has 2 nitrogen and oxygen atoms in total. The van der Waals surface area contributed by atoms with Crippen LogP contribution in [0.3, 0.4) is 0 Å². The second kappa shape index (κ2) is 6.45. The fraction of sp³-hybridized carbons (Fsp3) is 0.350. The number of Topliss-reactive ketones (excluding diaryl/α,β-unsaturated/α-hetero) is 1. The SMILES string of the molecule is Cc1ccc(C(=O)CC2(c3ccccc3)CCCCO2)cc1. The molecule has 0 aliphatic carbocycles. The number of carbonyl (C=O) groups excluding carboxylic acids is 1. The number of rotatable bonds is 4. The first-order chi connectivity index (χ1) is 10.7. The number of aryl methyl sites for hydroxylation is 1. The molecule has 1 unspecified atom stereocenters. The van der Waals surface area contributed by atoms with E-state index in [-0.39, 0.29) is 5.78 Å². The van der Waals surface area contributed by atoms with E-state index in [0.29, 0.717) is 6.42 Å². The van der Waals surface area contributed by atoms with Crippen LogP contribution >= 0.6 is 0 Å². The third-order valence-electron chi connectivity index (χ3n) is 4.47. The van der Waals surface area contributed by atoms with E-state index >= 15 is 0 Å². The van der Waals surface area contributed by atoms with Crippen LogP contribution in [0.25, 0.3) is 0 Å². The zero-order valence-corrected chi connectivity index (χ0v) is 13.0. The van der Waals surface area contributed by atoms with Gasteiger partial charge in [-0.15, -0.1) is 0 Å². The summed E-state index contributed by atoms with van der Waals surface area (Å²) in [6, 6.07) is 18.0. The molecule has 2 heteroatoms.